The first-order valence-corrected chi connectivity index (χ1v) is 8.31. The van der Waals surface area contributed by atoms with E-state index in [1.165, 1.54) is 5.56 Å². The molecule has 19 heavy (non-hydrogen) atoms. The summed E-state index contributed by atoms with van der Waals surface area (Å²) < 4.78 is 2.98. The minimum atomic E-state index is 0.379. The Kier molecular flexibility index (Phi) is 5.09. The molecule has 0 bridgehead atoms. The Morgan fingerprint density at radius 3 is 2.68 bits per heavy atom. The topological polar surface area (TPSA) is 17.8 Å². The molecule has 2 rings (SSSR count). The van der Waals surface area contributed by atoms with Gasteiger partial charge in [-0.3, -0.25) is 4.68 Å². The van der Waals surface area contributed by atoms with Gasteiger partial charge in [0.1, 0.15) is 0 Å². The lowest BCUT2D eigenvalue weighted by molar-refractivity contribution is 0.660. The molecule has 1 heterocycles. The molecule has 2 nitrogen and oxygen atoms in total. The molecule has 1 unspecified atom stereocenters. The Balaban J connectivity index is 2.29. The van der Waals surface area contributed by atoms with Gasteiger partial charge < -0.3 is 0 Å². The molecular formula is C14H15Br2ClN2. The predicted octanol–water partition coefficient (Wildman–Crippen LogP) is 4.87. The highest BCUT2D eigenvalue weighted by molar-refractivity contribution is 9.10. The van der Waals surface area contributed by atoms with Gasteiger partial charge >= 0.3 is 0 Å². The Morgan fingerprint density at radius 1 is 1.42 bits per heavy atom. The quantitative estimate of drug-likeness (QED) is 0.663. The molecule has 1 aromatic carbocycles. The Labute approximate surface area is 135 Å². The lowest BCUT2D eigenvalue weighted by Crippen LogP contribution is -2.08. The standard InChI is InChI=1S/C14H15Br2ClN2/c1-9-14(17)13(19(2)18-9)7-11(8-15)10-4-3-5-12(16)6-10/h3-6,11H,7-8H2,1-2H3. The third-order valence-corrected chi connectivity index (χ3v) is 4.97. The van der Waals surface area contributed by atoms with Crippen molar-refractivity contribution in [1.29, 1.82) is 0 Å². The number of rotatable bonds is 4. The maximum absolute atomic E-state index is 6.33. The van der Waals surface area contributed by atoms with E-state index in [1.54, 1.807) is 0 Å². The molecule has 0 fully saturated rings. The Hall–Kier alpha value is -0.320. The first-order valence-electron chi connectivity index (χ1n) is 6.02. The largest absolute Gasteiger partial charge is 0.271 e. The SMILES string of the molecule is Cc1nn(C)c(CC(CBr)c2cccc(Br)c2)c1Cl. The fourth-order valence-electron chi connectivity index (χ4n) is 2.16. The summed E-state index contributed by atoms with van der Waals surface area (Å²) >= 11 is 13.4. The summed E-state index contributed by atoms with van der Waals surface area (Å²) in [7, 11) is 1.94. The minimum absolute atomic E-state index is 0.379. The Morgan fingerprint density at radius 2 is 2.16 bits per heavy atom. The molecule has 0 N–H and O–H groups in total. The van der Waals surface area contributed by atoms with Crippen molar-refractivity contribution in [3.05, 3.63) is 50.7 Å². The van der Waals surface area contributed by atoms with Gasteiger partial charge in [-0.15, -0.1) is 0 Å². The van der Waals surface area contributed by atoms with Gasteiger partial charge in [-0.05, 0) is 37.0 Å². The third kappa shape index (κ3) is 3.41. The van der Waals surface area contributed by atoms with E-state index in [1.807, 2.05) is 24.7 Å². The second kappa shape index (κ2) is 6.42. The van der Waals surface area contributed by atoms with E-state index in [4.69, 9.17) is 11.6 Å². The minimum Gasteiger partial charge on any atom is -0.271 e. The zero-order valence-electron chi connectivity index (χ0n) is 10.8. The van der Waals surface area contributed by atoms with Crippen molar-refractivity contribution in [3.63, 3.8) is 0 Å². The van der Waals surface area contributed by atoms with Gasteiger partial charge in [0.05, 0.1) is 16.4 Å². The average molecular weight is 407 g/mol. The zero-order valence-corrected chi connectivity index (χ0v) is 14.8. The van der Waals surface area contributed by atoms with E-state index in [2.05, 4.69) is 55.2 Å². The third-order valence-electron chi connectivity index (χ3n) is 3.21. The van der Waals surface area contributed by atoms with Crippen LogP contribution in [0.25, 0.3) is 0 Å². The molecule has 0 saturated carbocycles. The monoisotopic (exact) mass is 404 g/mol. The van der Waals surface area contributed by atoms with E-state index in [0.29, 0.717) is 5.92 Å². The molecule has 0 aliphatic carbocycles. The highest BCUT2D eigenvalue weighted by Gasteiger charge is 2.18. The number of aryl methyl sites for hydroxylation is 2. The lowest BCUT2D eigenvalue weighted by atomic mass is 9.96. The van der Waals surface area contributed by atoms with Crippen LogP contribution in [-0.2, 0) is 13.5 Å². The van der Waals surface area contributed by atoms with Crippen molar-refractivity contribution >= 4 is 43.5 Å². The summed E-state index contributed by atoms with van der Waals surface area (Å²) in [6, 6.07) is 8.40. The summed E-state index contributed by atoms with van der Waals surface area (Å²) in [5, 5.41) is 6.04. The first-order chi connectivity index (χ1) is 9.02. The second-order valence-corrected chi connectivity index (χ2v) is 6.52. The fourth-order valence-corrected chi connectivity index (χ4v) is 3.41. The highest BCUT2D eigenvalue weighted by Crippen LogP contribution is 2.29. The number of halogens is 3. The normalized spacial score (nSPS) is 12.7. The van der Waals surface area contributed by atoms with Crippen LogP contribution in [0, 0.1) is 6.92 Å². The van der Waals surface area contributed by atoms with Crippen molar-refractivity contribution in [2.45, 2.75) is 19.3 Å². The lowest BCUT2D eigenvalue weighted by Gasteiger charge is -2.15. The molecule has 1 aromatic heterocycles. The van der Waals surface area contributed by atoms with Crippen molar-refractivity contribution in [3.8, 4) is 0 Å². The van der Waals surface area contributed by atoms with Crippen LogP contribution in [0.3, 0.4) is 0 Å². The number of hydrogen-bond donors (Lipinski definition) is 0. The summed E-state index contributed by atoms with van der Waals surface area (Å²) in [6.07, 6.45) is 0.873. The molecule has 0 radical (unpaired) electrons. The van der Waals surface area contributed by atoms with Crippen LogP contribution in [0.2, 0.25) is 5.02 Å². The van der Waals surface area contributed by atoms with Crippen LogP contribution >= 0.6 is 43.5 Å². The van der Waals surface area contributed by atoms with Gasteiger partial charge in [-0.2, -0.15) is 5.10 Å². The second-order valence-electron chi connectivity index (χ2n) is 4.58. The van der Waals surface area contributed by atoms with Crippen LogP contribution < -0.4 is 0 Å². The summed E-state index contributed by atoms with van der Waals surface area (Å²) in [5.74, 6) is 0.379. The van der Waals surface area contributed by atoms with Gasteiger partial charge in [0, 0.05) is 16.9 Å². The predicted molar refractivity (Wildman–Crippen MR) is 87.3 cm³/mol. The number of alkyl halides is 1. The van der Waals surface area contributed by atoms with Crippen LogP contribution in [-0.4, -0.2) is 15.1 Å². The smallest absolute Gasteiger partial charge is 0.0847 e. The molecule has 102 valence electrons. The molecule has 5 heteroatoms. The number of nitrogens with zero attached hydrogens (tertiary/aromatic N) is 2. The van der Waals surface area contributed by atoms with Gasteiger partial charge in [0.25, 0.3) is 0 Å². The maximum Gasteiger partial charge on any atom is 0.0847 e. The fraction of sp³-hybridized carbons (Fsp3) is 0.357. The van der Waals surface area contributed by atoms with Gasteiger partial charge in [0.2, 0.25) is 0 Å². The highest BCUT2D eigenvalue weighted by atomic mass is 79.9. The van der Waals surface area contributed by atoms with Gasteiger partial charge in [-0.25, -0.2) is 0 Å². The van der Waals surface area contributed by atoms with Gasteiger partial charge in [-0.1, -0.05) is 55.6 Å². The Bertz CT molecular complexity index is 581. The van der Waals surface area contributed by atoms with Crippen LogP contribution in [0.4, 0.5) is 0 Å². The van der Waals surface area contributed by atoms with Crippen molar-refractivity contribution in [2.24, 2.45) is 7.05 Å². The molecular weight excluding hydrogens is 391 g/mol. The molecule has 1 atom stereocenters. The molecule has 0 aliphatic rings. The maximum atomic E-state index is 6.33. The van der Waals surface area contributed by atoms with Crippen LogP contribution in [0.5, 0.6) is 0 Å². The molecule has 0 saturated heterocycles. The van der Waals surface area contributed by atoms with Crippen molar-refractivity contribution in [2.75, 3.05) is 5.33 Å². The van der Waals surface area contributed by atoms with E-state index in [-0.39, 0.29) is 0 Å². The summed E-state index contributed by atoms with van der Waals surface area (Å²) in [5.41, 5.74) is 3.27. The first kappa shape index (κ1) is 15.1. The number of aromatic nitrogens is 2. The summed E-state index contributed by atoms with van der Waals surface area (Å²) in [6.45, 7) is 1.94. The number of hydrogen-bond acceptors (Lipinski definition) is 1. The van der Waals surface area contributed by atoms with Gasteiger partial charge in [0.15, 0.2) is 0 Å². The molecule has 0 spiro atoms. The van der Waals surface area contributed by atoms with Crippen molar-refractivity contribution < 1.29 is 0 Å². The van der Waals surface area contributed by atoms with E-state index in [0.717, 1.165) is 32.6 Å². The van der Waals surface area contributed by atoms with E-state index in [9.17, 15) is 0 Å². The molecule has 0 aliphatic heterocycles. The van der Waals surface area contributed by atoms with Crippen molar-refractivity contribution in [1.82, 2.24) is 9.78 Å². The van der Waals surface area contributed by atoms with E-state index >= 15 is 0 Å². The van der Waals surface area contributed by atoms with Crippen LogP contribution in [0.15, 0.2) is 28.7 Å². The van der Waals surface area contributed by atoms with E-state index < -0.39 is 0 Å². The average Bonchev–Trinajstić information content (AvgIpc) is 2.61. The van der Waals surface area contributed by atoms with Crippen LogP contribution in [0.1, 0.15) is 22.9 Å². The summed E-state index contributed by atoms with van der Waals surface area (Å²) in [4.78, 5) is 0. The number of benzene rings is 1. The molecule has 0 amide bonds. The molecule has 2 aromatic rings. The zero-order chi connectivity index (χ0) is 14.0.